The van der Waals surface area contributed by atoms with Gasteiger partial charge in [0.05, 0.1) is 14.2 Å². The van der Waals surface area contributed by atoms with E-state index in [0.717, 1.165) is 12.8 Å². The van der Waals surface area contributed by atoms with Gasteiger partial charge in [-0.2, -0.15) is 0 Å². The first-order chi connectivity index (χ1) is 15.3. The van der Waals surface area contributed by atoms with Crippen LogP contribution in [0.5, 0.6) is 11.5 Å². The molecule has 0 amide bonds. The van der Waals surface area contributed by atoms with Crippen LogP contribution >= 0.6 is 0 Å². The van der Waals surface area contributed by atoms with Crippen molar-refractivity contribution >= 4 is 11.8 Å². The van der Waals surface area contributed by atoms with Crippen molar-refractivity contribution in [1.82, 2.24) is 0 Å². The molecule has 2 aromatic carbocycles. The number of hydrogen-bond acceptors (Lipinski definition) is 4. The number of carboxylic acids is 1. The lowest BCUT2D eigenvalue weighted by molar-refractivity contribution is 0.0692. The van der Waals surface area contributed by atoms with Gasteiger partial charge in [0.25, 0.3) is 0 Å². The molecular weight excluding hydrogens is 404 g/mol. The van der Waals surface area contributed by atoms with E-state index in [1.807, 2.05) is 6.07 Å². The molecule has 0 atom stereocenters. The molecule has 0 saturated heterocycles. The number of rotatable bonds is 11. The van der Waals surface area contributed by atoms with E-state index in [0.29, 0.717) is 28.9 Å². The lowest BCUT2D eigenvalue weighted by Gasteiger charge is -2.18. The zero-order chi connectivity index (χ0) is 23.7. The summed E-state index contributed by atoms with van der Waals surface area (Å²) in [5.41, 5.74) is 4.04. The van der Waals surface area contributed by atoms with E-state index in [4.69, 9.17) is 9.47 Å². The summed E-state index contributed by atoms with van der Waals surface area (Å²) in [5, 5.41) is 9.94. The molecule has 0 aromatic heterocycles. The van der Waals surface area contributed by atoms with Crippen molar-refractivity contribution in [3.8, 4) is 11.5 Å². The van der Waals surface area contributed by atoms with Crippen molar-refractivity contribution in [3.05, 3.63) is 82.0 Å². The summed E-state index contributed by atoms with van der Waals surface area (Å²) in [5.74, 6) is -0.553. The van der Waals surface area contributed by atoms with Crippen LogP contribution in [0.25, 0.3) is 0 Å². The Labute approximate surface area is 190 Å². The van der Waals surface area contributed by atoms with Gasteiger partial charge in [0.15, 0.2) is 5.78 Å². The molecule has 0 fully saturated rings. The Bertz CT molecular complexity index is 1010. The first-order valence-electron chi connectivity index (χ1n) is 10.7. The van der Waals surface area contributed by atoms with Crippen molar-refractivity contribution in [2.45, 2.75) is 46.5 Å². The van der Waals surface area contributed by atoms with E-state index in [-0.39, 0.29) is 23.5 Å². The largest absolute Gasteiger partial charge is 0.496 e. The average molecular weight is 437 g/mol. The molecule has 5 nitrogen and oxygen atoms in total. The van der Waals surface area contributed by atoms with E-state index < -0.39 is 5.97 Å². The fourth-order valence-corrected chi connectivity index (χ4v) is 3.57. The molecule has 0 aliphatic rings. The zero-order valence-corrected chi connectivity index (χ0v) is 19.5. The van der Waals surface area contributed by atoms with Gasteiger partial charge in [-0.1, -0.05) is 53.6 Å². The third kappa shape index (κ3) is 6.58. The topological polar surface area (TPSA) is 72.8 Å². The number of benzene rings is 2. The predicted molar refractivity (Wildman–Crippen MR) is 127 cm³/mol. The second kappa shape index (κ2) is 11.9. The van der Waals surface area contributed by atoms with E-state index in [2.05, 4.69) is 32.9 Å². The van der Waals surface area contributed by atoms with Crippen LogP contribution in [0.4, 0.5) is 0 Å². The SMILES string of the molecule is COc1cc(CC(=O)c2ccccc2)c(C(=O)O)c(OC)c1C/C=C(\C)CCC=C(C)C. The molecular formula is C27H32O5. The molecule has 0 spiro atoms. The molecule has 0 bridgehead atoms. The molecule has 0 aliphatic heterocycles. The van der Waals surface area contributed by atoms with Crippen molar-refractivity contribution in [2.75, 3.05) is 14.2 Å². The molecule has 0 aliphatic carbocycles. The number of ketones is 1. The van der Waals surface area contributed by atoms with E-state index >= 15 is 0 Å². The fourth-order valence-electron chi connectivity index (χ4n) is 3.57. The highest BCUT2D eigenvalue weighted by Gasteiger charge is 2.25. The minimum absolute atomic E-state index is 0.00294. The summed E-state index contributed by atoms with van der Waals surface area (Å²) in [4.78, 5) is 24.9. The molecule has 2 aromatic rings. The second-order valence-electron chi connectivity index (χ2n) is 7.97. The Morgan fingerprint density at radius 2 is 1.69 bits per heavy atom. The molecule has 0 heterocycles. The fraction of sp³-hybridized carbons (Fsp3) is 0.333. The smallest absolute Gasteiger partial charge is 0.339 e. The number of allylic oxidation sites excluding steroid dienone is 4. The highest BCUT2D eigenvalue weighted by molar-refractivity contribution is 6.01. The Kier molecular flexibility index (Phi) is 9.26. The van der Waals surface area contributed by atoms with Gasteiger partial charge in [-0.3, -0.25) is 4.79 Å². The van der Waals surface area contributed by atoms with Crippen molar-refractivity contribution in [3.63, 3.8) is 0 Å². The minimum atomic E-state index is -1.13. The number of ether oxygens (including phenoxy) is 2. The summed E-state index contributed by atoms with van der Waals surface area (Å²) >= 11 is 0. The molecule has 2 rings (SSSR count). The highest BCUT2D eigenvalue weighted by atomic mass is 16.5. The third-order valence-corrected chi connectivity index (χ3v) is 5.26. The van der Waals surface area contributed by atoms with Crippen molar-refractivity contribution < 1.29 is 24.2 Å². The quantitative estimate of drug-likeness (QED) is 0.342. The van der Waals surface area contributed by atoms with Crippen LogP contribution in [0.1, 0.15) is 65.5 Å². The van der Waals surface area contributed by atoms with Crippen LogP contribution in [0.15, 0.2) is 59.7 Å². The Balaban J connectivity index is 2.43. The summed E-state index contributed by atoms with van der Waals surface area (Å²) in [6, 6.07) is 10.5. The van der Waals surface area contributed by atoms with Gasteiger partial charge >= 0.3 is 5.97 Å². The van der Waals surface area contributed by atoms with Gasteiger partial charge < -0.3 is 14.6 Å². The third-order valence-electron chi connectivity index (χ3n) is 5.26. The first-order valence-corrected chi connectivity index (χ1v) is 10.7. The number of carbonyl (C=O) groups is 2. The maximum absolute atomic E-state index is 12.7. The Morgan fingerprint density at radius 1 is 1.00 bits per heavy atom. The van der Waals surface area contributed by atoms with Crippen LogP contribution in [-0.2, 0) is 12.8 Å². The van der Waals surface area contributed by atoms with Crippen LogP contribution in [0.3, 0.4) is 0 Å². The number of carboxylic acid groups (broad SMARTS) is 1. The van der Waals surface area contributed by atoms with Crippen LogP contribution < -0.4 is 9.47 Å². The van der Waals surface area contributed by atoms with E-state index in [1.165, 1.54) is 25.4 Å². The Morgan fingerprint density at radius 3 is 2.25 bits per heavy atom. The average Bonchev–Trinajstić information content (AvgIpc) is 2.77. The number of Topliss-reactive ketones (excluding diaryl/α,β-unsaturated/α-hetero) is 1. The van der Waals surface area contributed by atoms with Crippen molar-refractivity contribution in [2.24, 2.45) is 0 Å². The highest BCUT2D eigenvalue weighted by Crippen LogP contribution is 2.37. The molecule has 5 heteroatoms. The van der Waals surface area contributed by atoms with E-state index in [9.17, 15) is 14.7 Å². The summed E-state index contributed by atoms with van der Waals surface area (Å²) in [6.07, 6.45) is 6.56. The molecule has 0 radical (unpaired) electrons. The maximum atomic E-state index is 12.7. The zero-order valence-electron chi connectivity index (χ0n) is 19.5. The first kappa shape index (κ1) is 24.9. The summed E-state index contributed by atoms with van der Waals surface area (Å²) < 4.78 is 11.1. The number of aromatic carboxylic acids is 1. The number of hydrogen-bond donors (Lipinski definition) is 1. The lowest BCUT2D eigenvalue weighted by Crippen LogP contribution is -2.13. The van der Waals surface area contributed by atoms with Crippen LogP contribution in [0.2, 0.25) is 0 Å². The molecule has 32 heavy (non-hydrogen) atoms. The normalized spacial score (nSPS) is 11.1. The standard InChI is InChI=1S/C27H32O5/c1-18(2)10-9-11-19(3)14-15-22-24(31-4)17-21(25(27(29)30)26(22)32-5)16-23(28)20-12-7-6-8-13-20/h6-8,10,12-14,17H,9,11,15-16H2,1-5H3,(H,29,30)/b19-14+. The summed E-state index contributed by atoms with van der Waals surface area (Å²) in [7, 11) is 2.98. The molecule has 0 unspecified atom stereocenters. The predicted octanol–water partition coefficient (Wildman–Crippen LogP) is 6.06. The van der Waals surface area contributed by atoms with Gasteiger partial charge in [0.2, 0.25) is 0 Å². The second-order valence-corrected chi connectivity index (χ2v) is 7.97. The van der Waals surface area contributed by atoms with Crippen LogP contribution in [0, 0.1) is 0 Å². The monoisotopic (exact) mass is 436 g/mol. The molecule has 170 valence electrons. The summed E-state index contributed by atoms with van der Waals surface area (Å²) in [6.45, 7) is 6.21. The molecule has 1 N–H and O–H groups in total. The van der Waals surface area contributed by atoms with Gasteiger partial charge in [-0.05, 0) is 51.7 Å². The van der Waals surface area contributed by atoms with Gasteiger partial charge in [0, 0.05) is 17.5 Å². The van der Waals surface area contributed by atoms with Crippen molar-refractivity contribution in [1.29, 1.82) is 0 Å². The maximum Gasteiger partial charge on any atom is 0.339 e. The van der Waals surface area contributed by atoms with Crippen LogP contribution in [-0.4, -0.2) is 31.1 Å². The Hall–Kier alpha value is -3.34. The van der Waals surface area contributed by atoms with Gasteiger partial charge in [-0.25, -0.2) is 4.79 Å². The van der Waals surface area contributed by atoms with E-state index in [1.54, 1.807) is 30.3 Å². The van der Waals surface area contributed by atoms with Gasteiger partial charge in [-0.15, -0.1) is 0 Å². The lowest BCUT2D eigenvalue weighted by atomic mass is 9.93. The molecule has 0 saturated carbocycles. The van der Waals surface area contributed by atoms with Gasteiger partial charge in [0.1, 0.15) is 17.1 Å². The number of methoxy groups -OCH3 is 2. The number of carbonyl (C=O) groups excluding carboxylic acids is 1. The minimum Gasteiger partial charge on any atom is -0.496 e.